The maximum atomic E-state index is 6.41. The van der Waals surface area contributed by atoms with Gasteiger partial charge in [-0.15, -0.1) is 0 Å². The SMILES string of the molecule is CC1CC=Cc2oc3cc4ccc(-c5ccc6cccc(B7OC(C)(C)C(C)(C)O7)c6c5)cc4cc3c21. The second-order valence-corrected chi connectivity index (χ2v) is 11.7. The summed E-state index contributed by atoms with van der Waals surface area (Å²) in [6, 6.07) is 24.3. The van der Waals surface area contributed by atoms with E-state index in [0.29, 0.717) is 5.92 Å². The highest BCUT2D eigenvalue weighted by atomic mass is 16.7. The van der Waals surface area contributed by atoms with Crippen LogP contribution in [0.15, 0.2) is 77.2 Å². The number of hydrogen-bond acceptors (Lipinski definition) is 3. The lowest BCUT2D eigenvalue weighted by Gasteiger charge is -2.32. The molecule has 2 aliphatic rings. The van der Waals surface area contributed by atoms with Crippen molar-refractivity contribution in [3.63, 3.8) is 0 Å². The minimum absolute atomic E-state index is 0.374. The van der Waals surface area contributed by atoms with Gasteiger partial charge in [-0.1, -0.05) is 55.5 Å². The number of benzene rings is 4. The molecule has 4 aromatic carbocycles. The van der Waals surface area contributed by atoms with Crippen LogP contribution in [0.2, 0.25) is 0 Å². The number of hydrogen-bond donors (Lipinski definition) is 0. The lowest BCUT2D eigenvalue weighted by Crippen LogP contribution is -2.41. The lowest BCUT2D eigenvalue weighted by atomic mass is 9.75. The summed E-state index contributed by atoms with van der Waals surface area (Å²) in [7, 11) is -0.392. The van der Waals surface area contributed by atoms with Gasteiger partial charge in [-0.25, -0.2) is 0 Å². The standard InChI is InChI=1S/C33H31BO3/c1-20-8-6-11-29-31(20)27-18-25-16-22(14-15-24(25)19-30(27)35-29)23-13-12-21-9-7-10-28(26(21)17-23)34-36-32(2,3)33(4,5)37-34/h6-7,9-20H,8H2,1-5H3. The maximum Gasteiger partial charge on any atom is 0.495 e. The van der Waals surface area contributed by atoms with E-state index in [0.717, 1.165) is 23.2 Å². The van der Waals surface area contributed by atoms with Gasteiger partial charge in [-0.2, -0.15) is 0 Å². The van der Waals surface area contributed by atoms with E-state index < -0.39 is 7.12 Å². The van der Waals surface area contributed by atoms with Gasteiger partial charge in [-0.3, -0.25) is 0 Å². The summed E-state index contributed by atoms with van der Waals surface area (Å²) in [5.41, 5.74) is 5.02. The van der Waals surface area contributed by atoms with Crippen molar-refractivity contribution in [3.8, 4) is 11.1 Å². The molecule has 1 unspecified atom stereocenters. The number of furan rings is 1. The highest BCUT2D eigenvalue weighted by molar-refractivity contribution is 6.65. The lowest BCUT2D eigenvalue weighted by molar-refractivity contribution is 0.00578. The molecule has 1 aliphatic carbocycles. The molecule has 0 radical (unpaired) electrons. The zero-order valence-electron chi connectivity index (χ0n) is 22.1. The molecular weight excluding hydrogens is 455 g/mol. The second kappa shape index (κ2) is 7.83. The number of rotatable bonds is 2. The zero-order chi connectivity index (χ0) is 25.5. The Hall–Kier alpha value is -3.34. The monoisotopic (exact) mass is 486 g/mol. The molecule has 0 saturated carbocycles. The summed E-state index contributed by atoms with van der Waals surface area (Å²) in [5.74, 6) is 1.48. The Balaban J connectivity index is 1.34. The largest absolute Gasteiger partial charge is 0.495 e. The third-order valence-corrected chi connectivity index (χ3v) is 8.72. The Bertz CT molecular complexity index is 1720. The molecule has 0 spiro atoms. The van der Waals surface area contributed by atoms with Gasteiger partial charge < -0.3 is 13.7 Å². The summed E-state index contributed by atoms with van der Waals surface area (Å²) >= 11 is 0. The van der Waals surface area contributed by atoms with Crippen molar-refractivity contribution in [3.05, 3.63) is 84.1 Å². The molecular formula is C33H31BO3. The van der Waals surface area contributed by atoms with E-state index in [1.165, 1.54) is 43.6 Å². The van der Waals surface area contributed by atoms with E-state index in [2.05, 4.69) is 114 Å². The average Bonchev–Trinajstić information content (AvgIpc) is 3.34. The first-order chi connectivity index (χ1) is 17.7. The van der Waals surface area contributed by atoms with Crippen LogP contribution in [0.4, 0.5) is 0 Å². The molecule has 7 rings (SSSR count). The Morgan fingerprint density at radius 3 is 2.27 bits per heavy atom. The molecule has 0 amide bonds. The summed E-state index contributed by atoms with van der Waals surface area (Å²) in [6.45, 7) is 10.7. The number of allylic oxidation sites excluding steroid dienone is 1. The molecule has 1 fully saturated rings. The van der Waals surface area contributed by atoms with Crippen molar-refractivity contribution in [1.82, 2.24) is 0 Å². The van der Waals surface area contributed by atoms with Crippen molar-refractivity contribution < 1.29 is 13.7 Å². The van der Waals surface area contributed by atoms with E-state index in [9.17, 15) is 0 Å². The molecule has 3 nitrogen and oxygen atoms in total. The van der Waals surface area contributed by atoms with Crippen molar-refractivity contribution in [2.45, 2.75) is 58.2 Å². The number of fused-ring (bicyclic) bond motifs is 5. The van der Waals surface area contributed by atoms with Gasteiger partial charge in [0.2, 0.25) is 0 Å². The fourth-order valence-corrected chi connectivity index (χ4v) is 5.84. The van der Waals surface area contributed by atoms with Gasteiger partial charge in [-0.05, 0) is 109 Å². The molecule has 5 aromatic rings. The minimum Gasteiger partial charge on any atom is -0.456 e. The molecule has 37 heavy (non-hydrogen) atoms. The van der Waals surface area contributed by atoms with E-state index in [1.54, 1.807) is 0 Å². The quantitative estimate of drug-likeness (QED) is 0.236. The molecule has 2 heterocycles. The van der Waals surface area contributed by atoms with Crippen LogP contribution in [0, 0.1) is 0 Å². The molecule has 1 saturated heterocycles. The topological polar surface area (TPSA) is 31.6 Å². The van der Waals surface area contributed by atoms with Gasteiger partial charge in [0.15, 0.2) is 0 Å². The predicted molar refractivity (Wildman–Crippen MR) is 154 cm³/mol. The van der Waals surface area contributed by atoms with E-state index in [1.807, 2.05) is 0 Å². The third-order valence-electron chi connectivity index (χ3n) is 8.72. The van der Waals surface area contributed by atoms with Crippen LogP contribution in [-0.4, -0.2) is 18.3 Å². The first kappa shape index (κ1) is 22.8. The van der Waals surface area contributed by atoms with E-state index in [-0.39, 0.29) is 11.2 Å². The van der Waals surface area contributed by atoms with Crippen molar-refractivity contribution in [2.24, 2.45) is 0 Å². The first-order valence-corrected chi connectivity index (χ1v) is 13.3. The van der Waals surface area contributed by atoms with Crippen LogP contribution in [0.5, 0.6) is 0 Å². The van der Waals surface area contributed by atoms with Gasteiger partial charge in [0, 0.05) is 10.9 Å². The Morgan fingerprint density at radius 1 is 0.757 bits per heavy atom. The molecule has 1 aliphatic heterocycles. The van der Waals surface area contributed by atoms with Gasteiger partial charge >= 0.3 is 7.12 Å². The molecule has 0 N–H and O–H groups in total. The molecule has 0 bridgehead atoms. The van der Waals surface area contributed by atoms with Crippen LogP contribution in [0.3, 0.4) is 0 Å². The summed E-state index contributed by atoms with van der Waals surface area (Å²) in [6.07, 6.45) is 5.39. The van der Waals surface area contributed by atoms with E-state index in [4.69, 9.17) is 13.7 Å². The Kier molecular flexibility index (Phi) is 4.83. The maximum absolute atomic E-state index is 6.41. The Morgan fingerprint density at radius 2 is 1.49 bits per heavy atom. The Labute approximate surface area is 218 Å². The third kappa shape index (κ3) is 3.50. The fourth-order valence-electron chi connectivity index (χ4n) is 5.84. The normalized spacial score (nSPS) is 20.2. The van der Waals surface area contributed by atoms with Crippen molar-refractivity contribution >= 4 is 51.2 Å². The van der Waals surface area contributed by atoms with Gasteiger partial charge in [0.05, 0.1) is 11.2 Å². The summed E-state index contributed by atoms with van der Waals surface area (Å²) < 4.78 is 19.0. The van der Waals surface area contributed by atoms with Crippen molar-refractivity contribution in [2.75, 3.05) is 0 Å². The fraction of sp³-hybridized carbons (Fsp3) is 0.273. The minimum atomic E-state index is -0.392. The summed E-state index contributed by atoms with van der Waals surface area (Å²) in [4.78, 5) is 0. The predicted octanol–water partition coefficient (Wildman–Crippen LogP) is 8.23. The molecule has 1 aromatic heterocycles. The van der Waals surface area contributed by atoms with Crippen LogP contribution in [0.1, 0.15) is 58.3 Å². The van der Waals surface area contributed by atoms with Crippen LogP contribution in [-0.2, 0) is 9.31 Å². The van der Waals surface area contributed by atoms with Gasteiger partial charge in [0.1, 0.15) is 11.3 Å². The molecule has 4 heteroatoms. The van der Waals surface area contributed by atoms with Crippen LogP contribution < -0.4 is 5.46 Å². The zero-order valence-corrected chi connectivity index (χ0v) is 22.1. The van der Waals surface area contributed by atoms with Crippen molar-refractivity contribution in [1.29, 1.82) is 0 Å². The molecule has 1 atom stereocenters. The smallest absolute Gasteiger partial charge is 0.456 e. The van der Waals surface area contributed by atoms with Gasteiger partial charge in [0.25, 0.3) is 0 Å². The van der Waals surface area contributed by atoms with E-state index >= 15 is 0 Å². The highest BCUT2D eigenvalue weighted by Crippen LogP contribution is 2.40. The first-order valence-electron chi connectivity index (χ1n) is 13.3. The summed E-state index contributed by atoms with van der Waals surface area (Å²) in [5, 5.41) is 6.01. The second-order valence-electron chi connectivity index (χ2n) is 11.7. The molecule has 184 valence electrons. The van der Waals surface area contributed by atoms with Crippen LogP contribution in [0.25, 0.3) is 49.7 Å². The van der Waals surface area contributed by atoms with Crippen LogP contribution >= 0.6 is 0 Å². The average molecular weight is 486 g/mol. The highest BCUT2D eigenvalue weighted by Gasteiger charge is 2.52.